The number of nitrogens with one attached hydrogen (secondary N) is 3. The predicted octanol–water partition coefficient (Wildman–Crippen LogP) is 6.79. The zero-order valence-electron chi connectivity index (χ0n) is 25.1. The van der Waals surface area contributed by atoms with E-state index in [4.69, 9.17) is 9.72 Å². The first kappa shape index (κ1) is 30.8. The minimum atomic E-state index is -0.776. The van der Waals surface area contributed by atoms with Gasteiger partial charge in [0.15, 0.2) is 0 Å². The molecule has 0 unspecified atom stereocenters. The lowest BCUT2D eigenvalue weighted by Gasteiger charge is -2.20. The second-order valence-corrected chi connectivity index (χ2v) is 12.5. The standard InChI is InChI=1S/C35H36N4O4S/c1-35(2,3)43-34(42)36-18-17-31(40)38-30(20-25-21-37-29-16-10-8-14-27(25)29)33(41)44-22-26-19-24-13-7-9-15-28(24)39-32(26)23-11-5-4-6-12-23/h4-16,19,21,30,37H,17-18,20,22H2,1-3H3,(H,36,42)(H,38,40)/t30-/m0/s1. The summed E-state index contributed by atoms with van der Waals surface area (Å²) in [5.74, 6) is 0.0543. The minimum Gasteiger partial charge on any atom is -0.444 e. The molecule has 0 bridgehead atoms. The molecule has 0 fully saturated rings. The lowest BCUT2D eigenvalue weighted by molar-refractivity contribution is -0.124. The van der Waals surface area contributed by atoms with E-state index in [2.05, 4.69) is 21.7 Å². The maximum absolute atomic E-state index is 13.8. The number of thioether (sulfide) groups is 1. The number of amides is 2. The number of hydrogen-bond donors (Lipinski definition) is 3. The molecule has 44 heavy (non-hydrogen) atoms. The van der Waals surface area contributed by atoms with Crippen LogP contribution >= 0.6 is 11.8 Å². The van der Waals surface area contributed by atoms with Gasteiger partial charge in [-0.05, 0) is 50.1 Å². The van der Waals surface area contributed by atoms with Crippen LogP contribution in [0.1, 0.15) is 38.3 Å². The van der Waals surface area contributed by atoms with E-state index >= 15 is 0 Å². The summed E-state index contributed by atoms with van der Waals surface area (Å²) in [4.78, 5) is 47.0. The van der Waals surface area contributed by atoms with E-state index in [1.54, 1.807) is 20.8 Å². The molecule has 9 heteroatoms. The zero-order valence-corrected chi connectivity index (χ0v) is 25.9. The van der Waals surface area contributed by atoms with E-state index < -0.39 is 17.7 Å². The topological polar surface area (TPSA) is 113 Å². The molecule has 3 aromatic carbocycles. The summed E-state index contributed by atoms with van der Waals surface area (Å²) >= 11 is 1.17. The van der Waals surface area contributed by atoms with Crippen molar-refractivity contribution < 1.29 is 19.1 Å². The highest BCUT2D eigenvalue weighted by Crippen LogP contribution is 2.30. The molecule has 0 aliphatic rings. The number of nitrogens with zero attached hydrogens (tertiary/aromatic N) is 1. The van der Waals surface area contributed by atoms with Gasteiger partial charge in [-0.15, -0.1) is 0 Å². The Labute approximate surface area is 261 Å². The van der Waals surface area contributed by atoms with Gasteiger partial charge < -0.3 is 20.4 Å². The number of H-pyrrole nitrogens is 1. The van der Waals surface area contributed by atoms with Crippen molar-refractivity contribution in [1.29, 1.82) is 0 Å². The molecule has 0 radical (unpaired) electrons. The van der Waals surface area contributed by atoms with Gasteiger partial charge in [0.05, 0.1) is 11.2 Å². The van der Waals surface area contributed by atoms with Crippen molar-refractivity contribution >= 4 is 50.7 Å². The number of ether oxygens (including phenoxy) is 1. The second kappa shape index (κ2) is 13.8. The molecule has 226 valence electrons. The number of pyridine rings is 1. The van der Waals surface area contributed by atoms with Crippen LogP contribution in [-0.2, 0) is 26.5 Å². The average Bonchev–Trinajstić information content (AvgIpc) is 3.41. The minimum absolute atomic E-state index is 0.00826. The van der Waals surface area contributed by atoms with Crippen LogP contribution in [0, 0.1) is 0 Å². The molecule has 3 N–H and O–H groups in total. The number of fused-ring (bicyclic) bond motifs is 2. The van der Waals surface area contributed by atoms with Gasteiger partial charge in [0.25, 0.3) is 0 Å². The zero-order chi connectivity index (χ0) is 31.1. The van der Waals surface area contributed by atoms with Crippen molar-refractivity contribution in [1.82, 2.24) is 20.6 Å². The average molecular weight is 609 g/mol. The van der Waals surface area contributed by atoms with Gasteiger partial charge in [-0.2, -0.15) is 0 Å². The van der Waals surface area contributed by atoms with Gasteiger partial charge in [-0.1, -0.05) is 78.5 Å². The van der Waals surface area contributed by atoms with Crippen molar-refractivity contribution in [2.45, 2.75) is 51.0 Å². The van der Waals surface area contributed by atoms with Crippen LogP contribution in [-0.4, -0.2) is 45.3 Å². The van der Waals surface area contributed by atoms with Crippen LogP contribution in [0.3, 0.4) is 0 Å². The van der Waals surface area contributed by atoms with Crippen molar-refractivity contribution in [3.05, 3.63) is 102 Å². The van der Waals surface area contributed by atoms with Crippen LogP contribution in [0.2, 0.25) is 0 Å². The highest BCUT2D eigenvalue weighted by Gasteiger charge is 2.24. The Morgan fingerprint density at radius 2 is 1.66 bits per heavy atom. The summed E-state index contributed by atoms with van der Waals surface area (Å²) in [7, 11) is 0. The molecule has 2 aromatic heterocycles. The molecule has 2 amide bonds. The van der Waals surface area contributed by atoms with Crippen molar-refractivity contribution in [2.75, 3.05) is 6.54 Å². The smallest absolute Gasteiger partial charge is 0.407 e. The number of aromatic nitrogens is 2. The third-order valence-electron chi connectivity index (χ3n) is 6.96. The SMILES string of the molecule is CC(C)(C)OC(=O)NCCC(=O)N[C@@H](Cc1c[nH]c2ccccc12)C(=O)SCc1cc2ccccc2nc1-c1ccccc1. The van der Waals surface area contributed by atoms with E-state index in [1.165, 1.54) is 11.8 Å². The van der Waals surface area contributed by atoms with E-state index in [1.807, 2.05) is 85.1 Å². The Morgan fingerprint density at radius 1 is 0.932 bits per heavy atom. The molecular weight excluding hydrogens is 572 g/mol. The third-order valence-corrected chi connectivity index (χ3v) is 7.98. The number of hydrogen-bond acceptors (Lipinski definition) is 6. The Kier molecular flexibility index (Phi) is 9.65. The number of aromatic amines is 1. The summed E-state index contributed by atoms with van der Waals surface area (Å²) in [5.41, 5.74) is 4.88. The second-order valence-electron chi connectivity index (χ2n) is 11.5. The number of carbonyl (C=O) groups excluding carboxylic acids is 3. The summed E-state index contributed by atoms with van der Waals surface area (Å²) < 4.78 is 5.24. The van der Waals surface area contributed by atoms with E-state index in [-0.39, 0.29) is 24.0 Å². The van der Waals surface area contributed by atoms with Gasteiger partial charge in [-0.3, -0.25) is 9.59 Å². The molecule has 5 aromatic rings. The summed E-state index contributed by atoms with van der Waals surface area (Å²) in [6, 6.07) is 27.0. The van der Waals surface area contributed by atoms with Crippen molar-refractivity contribution in [3.8, 4) is 11.3 Å². The number of benzene rings is 3. The monoisotopic (exact) mass is 608 g/mol. The van der Waals surface area contributed by atoms with E-state index in [0.29, 0.717) is 12.2 Å². The van der Waals surface area contributed by atoms with Gasteiger partial charge in [0.2, 0.25) is 11.0 Å². The number of carbonyl (C=O) groups is 3. The Bertz CT molecular complexity index is 1780. The molecule has 0 spiro atoms. The molecule has 2 heterocycles. The van der Waals surface area contributed by atoms with Crippen molar-refractivity contribution in [3.63, 3.8) is 0 Å². The fraction of sp³-hybridized carbons (Fsp3) is 0.257. The molecule has 0 saturated carbocycles. The fourth-order valence-electron chi connectivity index (χ4n) is 4.94. The van der Waals surface area contributed by atoms with Gasteiger partial charge in [0.1, 0.15) is 11.6 Å². The molecular formula is C35H36N4O4S. The summed E-state index contributed by atoms with van der Waals surface area (Å²) in [6.45, 7) is 5.41. The quantitative estimate of drug-likeness (QED) is 0.161. The van der Waals surface area contributed by atoms with Crippen LogP contribution in [0.5, 0.6) is 0 Å². The molecule has 0 aliphatic carbocycles. The van der Waals surface area contributed by atoms with E-state index in [9.17, 15) is 14.4 Å². The molecule has 1 atom stereocenters. The Balaban J connectivity index is 1.33. The van der Waals surface area contributed by atoms with Crippen molar-refractivity contribution in [2.24, 2.45) is 0 Å². The number of alkyl carbamates (subject to hydrolysis) is 1. The first-order chi connectivity index (χ1) is 21.2. The molecule has 8 nitrogen and oxygen atoms in total. The number of rotatable bonds is 10. The first-order valence-electron chi connectivity index (χ1n) is 14.6. The lowest BCUT2D eigenvalue weighted by Crippen LogP contribution is -2.42. The first-order valence-corrected chi connectivity index (χ1v) is 15.6. The van der Waals surface area contributed by atoms with Crippen LogP contribution in [0.4, 0.5) is 4.79 Å². The Morgan fingerprint density at radius 3 is 2.45 bits per heavy atom. The lowest BCUT2D eigenvalue weighted by atomic mass is 10.0. The van der Waals surface area contributed by atoms with Gasteiger partial charge >= 0.3 is 6.09 Å². The fourth-order valence-corrected chi connectivity index (χ4v) is 5.80. The van der Waals surface area contributed by atoms with Gasteiger partial charge in [-0.25, -0.2) is 9.78 Å². The molecule has 0 aliphatic heterocycles. The molecule has 5 rings (SSSR count). The van der Waals surface area contributed by atoms with Crippen LogP contribution < -0.4 is 10.6 Å². The number of para-hydroxylation sites is 2. The van der Waals surface area contributed by atoms with E-state index in [0.717, 1.165) is 44.2 Å². The highest BCUT2D eigenvalue weighted by atomic mass is 32.2. The predicted molar refractivity (Wildman–Crippen MR) is 176 cm³/mol. The maximum atomic E-state index is 13.8. The van der Waals surface area contributed by atoms with Gasteiger partial charge in [0, 0.05) is 53.2 Å². The van der Waals surface area contributed by atoms with Crippen LogP contribution in [0.25, 0.3) is 33.1 Å². The summed E-state index contributed by atoms with van der Waals surface area (Å²) in [6.07, 6.45) is 1.62. The molecule has 0 saturated heterocycles. The maximum Gasteiger partial charge on any atom is 0.407 e. The largest absolute Gasteiger partial charge is 0.444 e. The summed E-state index contributed by atoms with van der Waals surface area (Å²) in [5, 5.41) is 7.37. The highest BCUT2D eigenvalue weighted by molar-refractivity contribution is 8.13. The Hall–Kier alpha value is -4.63. The normalized spacial score (nSPS) is 12.2. The van der Waals surface area contributed by atoms with Crippen LogP contribution in [0.15, 0.2) is 91.1 Å². The third kappa shape index (κ3) is 8.05.